The van der Waals surface area contributed by atoms with Crippen molar-refractivity contribution in [3.05, 3.63) is 47.7 Å². The molecule has 230 valence electrons. The number of carbonyl (C=O) groups is 3. The van der Waals surface area contributed by atoms with Crippen LogP contribution in [0.3, 0.4) is 0 Å². The molecule has 2 rings (SSSR count). The molecule has 2 amide bonds. The molecule has 1 aromatic carbocycles. The number of halogens is 1. The molecule has 1 heterocycles. The smallest absolute Gasteiger partial charge is 0.331 e. The Kier molecular flexibility index (Phi) is 11.9. The lowest BCUT2D eigenvalue weighted by Gasteiger charge is -2.44. The summed E-state index contributed by atoms with van der Waals surface area (Å²) in [5.74, 6) is -1.50. The molecule has 0 unspecified atom stereocenters. The van der Waals surface area contributed by atoms with Gasteiger partial charge < -0.3 is 48.3 Å². The summed E-state index contributed by atoms with van der Waals surface area (Å²) in [4.78, 5) is 41.4. The highest BCUT2D eigenvalue weighted by atomic mass is 127. The lowest BCUT2D eigenvalue weighted by molar-refractivity contribution is -0.891. The number of aromatic nitrogens is 1. The summed E-state index contributed by atoms with van der Waals surface area (Å²) in [6.45, 7) is 15.4. The second-order valence-electron chi connectivity index (χ2n) is 14.1. The van der Waals surface area contributed by atoms with E-state index in [0.29, 0.717) is 4.48 Å². The minimum Gasteiger partial charge on any atom is -1.00 e. The van der Waals surface area contributed by atoms with E-state index in [0.717, 1.165) is 16.5 Å². The van der Waals surface area contributed by atoms with Crippen molar-refractivity contribution < 1.29 is 47.9 Å². The van der Waals surface area contributed by atoms with Crippen LogP contribution in [0.1, 0.15) is 61.0 Å². The van der Waals surface area contributed by atoms with Crippen molar-refractivity contribution in [2.75, 3.05) is 28.2 Å². The average molecular weight is 683 g/mol. The Morgan fingerprint density at radius 2 is 1.59 bits per heavy atom. The zero-order chi connectivity index (χ0) is 31.0. The highest BCUT2D eigenvalue weighted by Crippen LogP contribution is 2.38. The van der Waals surface area contributed by atoms with Gasteiger partial charge in [0.1, 0.15) is 6.04 Å². The number of likely N-dealkylation sites (N-methyl/N-ethyl adjacent to an activating group) is 2. The fourth-order valence-electron chi connectivity index (χ4n) is 5.95. The predicted octanol–water partition coefficient (Wildman–Crippen LogP) is 1.58. The van der Waals surface area contributed by atoms with Gasteiger partial charge in [-0.25, -0.2) is 4.79 Å². The minimum absolute atomic E-state index is 0. The van der Waals surface area contributed by atoms with E-state index in [9.17, 15) is 19.5 Å². The first-order valence-corrected chi connectivity index (χ1v) is 14.0. The number of hydrogen-bond acceptors (Lipinski definition) is 3. The maximum atomic E-state index is 14.3. The van der Waals surface area contributed by atoms with E-state index in [4.69, 9.17) is 0 Å². The maximum absolute atomic E-state index is 14.3. The van der Waals surface area contributed by atoms with E-state index >= 15 is 0 Å². The summed E-state index contributed by atoms with van der Waals surface area (Å²) in [7, 11) is 9.71. The van der Waals surface area contributed by atoms with Crippen molar-refractivity contribution in [1.82, 2.24) is 14.8 Å². The van der Waals surface area contributed by atoms with Crippen LogP contribution < -0.4 is 29.3 Å². The van der Waals surface area contributed by atoms with Crippen molar-refractivity contribution >= 4 is 28.7 Å². The number of para-hydroxylation sites is 1. The Morgan fingerprint density at radius 3 is 2.05 bits per heavy atom. The number of carboxylic acid groups (broad SMARTS) is 1. The van der Waals surface area contributed by atoms with Crippen molar-refractivity contribution in [2.45, 2.75) is 78.9 Å². The number of amides is 2. The van der Waals surface area contributed by atoms with Crippen LogP contribution in [0.25, 0.3) is 10.9 Å². The highest BCUT2D eigenvalue weighted by molar-refractivity contribution is 5.92. The molecule has 0 spiro atoms. The molecule has 3 atom stereocenters. The maximum Gasteiger partial charge on any atom is 0.331 e. The SMILES string of the molecule is C/C(=C\[C@H](C(C)C)N(C)C(=O)[C@@H](NC(=O)[C@H](C(C)(C)c1cn(C)c2ccccc12)[N+](C)(C)C)C(C)(C)C)C(=O)O.[I-]. The van der Waals surface area contributed by atoms with Gasteiger partial charge in [-0.1, -0.05) is 58.9 Å². The molecule has 8 nitrogen and oxygen atoms in total. The van der Waals surface area contributed by atoms with Gasteiger partial charge in [-0.3, -0.25) is 9.59 Å². The molecule has 1 aromatic heterocycles. The molecule has 0 bridgehead atoms. The molecule has 0 aliphatic carbocycles. The predicted molar refractivity (Wildman–Crippen MR) is 162 cm³/mol. The number of nitrogens with zero attached hydrogens (tertiary/aromatic N) is 3. The van der Waals surface area contributed by atoms with Gasteiger partial charge in [-0.2, -0.15) is 0 Å². The van der Waals surface area contributed by atoms with Gasteiger partial charge >= 0.3 is 5.97 Å². The van der Waals surface area contributed by atoms with Gasteiger partial charge in [0.05, 0.1) is 32.6 Å². The Morgan fingerprint density at radius 1 is 1.05 bits per heavy atom. The van der Waals surface area contributed by atoms with Crippen molar-refractivity contribution in [3.63, 3.8) is 0 Å². The molecular formula is C32H51IN4O4. The average Bonchev–Trinajstić information content (AvgIpc) is 3.15. The summed E-state index contributed by atoms with van der Waals surface area (Å²) >= 11 is 0. The molecular weight excluding hydrogens is 631 g/mol. The van der Waals surface area contributed by atoms with E-state index in [1.807, 2.05) is 74.9 Å². The summed E-state index contributed by atoms with van der Waals surface area (Å²) in [6.07, 6.45) is 3.72. The van der Waals surface area contributed by atoms with Crippen molar-refractivity contribution in [2.24, 2.45) is 18.4 Å². The molecule has 9 heteroatoms. The standard InChI is InChI=1S/C32H50N4O4.HI/c1-20(2)25(18-21(3)30(39)40)35(10)29(38)26(31(4,5)6)33-28(37)27(36(11,12)13)32(7,8)23-19-34(9)24-17-15-14-16-22(23)24;/h14-20,25-27H,1-13H3,(H-,33,37,39,40);1H/b21-18+;/t25-,26-,27-;/m1./s1. The van der Waals surface area contributed by atoms with E-state index in [1.54, 1.807) is 18.0 Å². The van der Waals surface area contributed by atoms with Crippen LogP contribution in [0.15, 0.2) is 42.1 Å². The number of benzene rings is 1. The normalized spacial score (nSPS) is 15.2. The number of aryl methyl sites for hydroxylation is 1. The number of hydrogen-bond donors (Lipinski definition) is 2. The van der Waals surface area contributed by atoms with Crippen LogP contribution in [0.2, 0.25) is 0 Å². The summed E-state index contributed by atoms with van der Waals surface area (Å²) in [6, 6.07) is 6.41. The number of carboxylic acids is 1. The van der Waals surface area contributed by atoms with Crippen LogP contribution in [0, 0.1) is 11.3 Å². The first kappa shape index (κ1) is 36.6. The van der Waals surface area contributed by atoms with E-state index in [-0.39, 0.29) is 47.3 Å². The van der Waals surface area contributed by atoms with Crippen LogP contribution in [-0.2, 0) is 26.8 Å². The van der Waals surface area contributed by atoms with Gasteiger partial charge in [0, 0.05) is 36.8 Å². The zero-order valence-electron chi connectivity index (χ0n) is 27.2. The fraction of sp³-hybridized carbons (Fsp3) is 0.594. The van der Waals surface area contributed by atoms with E-state index in [2.05, 4.69) is 42.1 Å². The molecule has 0 saturated carbocycles. The van der Waals surface area contributed by atoms with Crippen LogP contribution in [0.4, 0.5) is 0 Å². The van der Waals surface area contributed by atoms with Gasteiger partial charge in [0.2, 0.25) is 5.91 Å². The lowest BCUT2D eigenvalue weighted by Crippen LogP contribution is -3.00. The molecule has 0 aliphatic heterocycles. The Labute approximate surface area is 263 Å². The second kappa shape index (κ2) is 13.3. The van der Waals surface area contributed by atoms with Crippen molar-refractivity contribution in [3.8, 4) is 0 Å². The topological polar surface area (TPSA) is 91.6 Å². The zero-order valence-corrected chi connectivity index (χ0v) is 29.3. The lowest BCUT2D eigenvalue weighted by atomic mass is 9.75. The number of rotatable bonds is 10. The Hall–Kier alpha value is -2.40. The fourth-order valence-corrected chi connectivity index (χ4v) is 5.95. The number of quaternary nitrogens is 1. The molecule has 41 heavy (non-hydrogen) atoms. The molecule has 0 saturated heterocycles. The Balaban J connectivity index is 0.00000840. The third kappa shape index (κ3) is 8.12. The van der Waals surface area contributed by atoms with Crippen LogP contribution in [0.5, 0.6) is 0 Å². The van der Waals surface area contributed by atoms with Gasteiger partial charge in [0.25, 0.3) is 5.91 Å². The second-order valence-corrected chi connectivity index (χ2v) is 14.1. The number of fused-ring (bicyclic) bond motifs is 1. The molecule has 2 aromatic rings. The molecule has 0 fully saturated rings. The summed E-state index contributed by atoms with van der Waals surface area (Å²) in [5, 5.41) is 13.7. The largest absolute Gasteiger partial charge is 1.00 e. The summed E-state index contributed by atoms with van der Waals surface area (Å²) in [5.41, 5.74) is 1.18. The number of nitrogens with one attached hydrogen (secondary N) is 1. The third-order valence-corrected chi connectivity index (χ3v) is 7.93. The summed E-state index contributed by atoms with van der Waals surface area (Å²) < 4.78 is 2.45. The highest BCUT2D eigenvalue weighted by Gasteiger charge is 2.49. The number of carbonyl (C=O) groups excluding carboxylic acids is 2. The molecule has 0 aliphatic rings. The number of aliphatic carboxylic acids is 1. The molecule has 0 radical (unpaired) electrons. The Bertz CT molecular complexity index is 1280. The first-order valence-electron chi connectivity index (χ1n) is 14.0. The molecule has 2 N–H and O–H groups in total. The van der Waals surface area contributed by atoms with Crippen LogP contribution >= 0.6 is 0 Å². The first-order chi connectivity index (χ1) is 18.1. The van der Waals surface area contributed by atoms with E-state index < -0.39 is 34.9 Å². The quantitative estimate of drug-likeness (QED) is 0.227. The van der Waals surface area contributed by atoms with E-state index in [1.165, 1.54) is 6.92 Å². The van der Waals surface area contributed by atoms with Crippen LogP contribution in [-0.4, -0.2) is 83.2 Å². The third-order valence-electron chi connectivity index (χ3n) is 7.93. The minimum atomic E-state index is -1.02. The van der Waals surface area contributed by atoms with Gasteiger partial charge in [-0.05, 0) is 43.7 Å². The van der Waals surface area contributed by atoms with Gasteiger partial charge in [-0.15, -0.1) is 0 Å². The monoisotopic (exact) mass is 682 g/mol. The van der Waals surface area contributed by atoms with Crippen molar-refractivity contribution in [1.29, 1.82) is 0 Å². The van der Waals surface area contributed by atoms with Gasteiger partial charge in [0.15, 0.2) is 6.04 Å².